The van der Waals surface area contributed by atoms with Crippen LogP contribution in [0.3, 0.4) is 0 Å². The van der Waals surface area contributed by atoms with Gasteiger partial charge in [-0.1, -0.05) is 68.3 Å². The Morgan fingerprint density at radius 2 is 1.82 bits per heavy atom. The van der Waals surface area contributed by atoms with Crippen LogP contribution in [0.5, 0.6) is 0 Å². The summed E-state index contributed by atoms with van der Waals surface area (Å²) in [7, 11) is 0. The Labute approximate surface area is 198 Å². The summed E-state index contributed by atoms with van der Waals surface area (Å²) in [5, 5.41) is 3.55. The Balaban J connectivity index is 1.88. The molecular formula is C26H28ClN3O3. The van der Waals surface area contributed by atoms with Gasteiger partial charge in [-0.3, -0.25) is 19.5 Å². The molecule has 1 N–H and O–H groups in total. The summed E-state index contributed by atoms with van der Waals surface area (Å²) in [6.07, 6.45) is 5.18. The van der Waals surface area contributed by atoms with Gasteiger partial charge in [0.25, 0.3) is 5.56 Å². The van der Waals surface area contributed by atoms with E-state index in [1.807, 2.05) is 44.2 Å². The number of H-pyrrole nitrogens is 1. The van der Waals surface area contributed by atoms with Crippen LogP contribution >= 0.6 is 11.6 Å². The first-order valence-corrected chi connectivity index (χ1v) is 11.5. The molecule has 0 atom stereocenters. The van der Waals surface area contributed by atoms with Crippen molar-refractivity contribution < 1.29 is 9.59 Å². The third-order valence-corrected chi connectivity index (χ3v) is 5.40. The van der Waals surface area contributed by atoms with Gasteiger partial charge in [-0.2, -0.15) is 0 Å². The van der Waals surface area contributed by atoms with Crippen LogP contribution in [0.2, 0.25) is 5.02 Å². The number of hydrogen-bond donors (Lipinski definition) is 1. The molecule has 3 rings (SSSR count). The van der Waals surface area contributed by atoms with Gasteiger partial charge in [0.2, 0.25) is 5.91 Å². The molecule has 172 valence electrons. The van der Waals surface area contributed by atoms with E-state index >= 15 is 0 Å². The Morgan fingerprint density at radius 3 is 2.48 bits per heavy atom. The summed E-state index contributed by atoms with van der Waals surface area (Å²) in [5.74, 6) is -0.646. The van der Waals surface area contributed by atoms with Gasteiger partial charge in [0.15, 0.2) is 5.78 Å². The normalized spacial score (nSPS) is 11.1. The molecule has 7 heteroatoms. The second-order valence-electron chi connectivity index (χ2n) is 7.76. The minimum atomic E-state index is -0.436. The lowest BCUT2D eigenvalue weighted by Gasteiger charge is -2.19. The lowest BCUT2D eigenvalue weighted by molar-refractivity contribution is -0.125. The number of benzene rings is 2. The molecule has 3 aromatic rings. The maximum Gasteiger partial charge on any atom is 0.282 e. The second kappa shape index (κ2) is 11.5. The highest BCUT2D eigenvalue weighted by atomic mass is 35.5. The van der Waals surface area contributed by atoms with Crippen LogP contribution in [0.4, 0.5) is 0 Å². The van der Waals surface area contributed by atoms with E-state index in [1.165, 1.54) is 15.7 Å². The van der Waals surface area contributed by atoms with Gasteiger partial charge in [-0.15, -0.1) is 0 Å². The van der Waals surface area contributed by atoms with Gasteiger partial charge >= 0.3 is 0 Å². The standard InChI is InChI=1S/C26H28ClN3O3/c1-3-9-22-25(26(33)30(28-22)21-13-8-12-20(27)17-21)23(31)18-29(16-4-2)24(32)15-14-19-10-6-5-7-11-19/h5-8,10-15,17,28H,3-4,9,16,18H2,1-2H3. The van der Waals surface area contributed by atoms with Crippen molar-refractivity contribution >= 4 is 29.4 Å². The Hall–Kier alpha value is -3.38. The average Bonchev–Trinajstić information content (AvgIpc) is 3.14. The molecule has 0 fully saturated rings. The Kier molecular flexibility index (Phi) is 8.44. The first-order valence-electron chi connectivity index (χ1n) is 11.1. The zero-order chi connectivity index (χ0) is 23.8. The molecule has 33 heavy (non-hydrogen) atoms. The van der Waals surface area contributed by atoms with Crippen molar-refractivity contribution in [3.63, 3.8) is 0 Å². The van der Waals surface area contributed by atoms with Gasteiger partial charge in [-0.05, 0) is 42.7 Å². The first-order chi connectivity index (χ1) is 15.9. The molecule has 1 heterocycles. The molecule has 1 amide bonds. The van der Waals surface area contributed by atoms with Gasteiger partial charge in [0.05, 0.1) is 12.2 Å². The van der Waals surface area contributed by atoms with Crippen molar-refractivity contribution in [1.29, 1.82) is 0 Å². The number of aromatic nitrogens is 2. The van der Waals surface area contributed by atoms with Gasteiger partial charge < -0.3 is 4.90 Å². The number of nitrogens with zero attached hydrogens (tertiary/aromatic N) is 2. The molecule has 0 spiro atoms. The topological polar surface area (TPSA) is 75.2 Å². The quantitative estimate of drug-likeness (QED) is 0.341. The molecule has 6 nitrogen and oxygen atoms in total. The molecule has 0 aliphatic rings. The molecule has 0 unspecified atom stereocenters. The van der Waals surface area contributed by atoms with Crippen molar-refractivity contribution in [2.45, 2.75) is 33.1 Å². The maximum absolute atomic E-state index is 13.3. The third-order valence-electron chi connectivity index (χ3n) is 5.17. The van der Waals surface area contributed by atoms with Crippen LogP contribution in [-0.4, -0.2) is 39.5 Å². The zero-order valence-electron chi connectivity index (χ0n) is 18.9. The predicted molar refractivity (Wildman–Crippen MR) is 132 cm³/mol. The van der Waals surface area contributed by atoms with Gasteiger partial charge in [0, 0.05) is 23.3 Å². The van der Waals surface area contributed by atoms with E-state index in [0.29, 0.717) is 35.8 Å². The van der Waals surface area contributed by atoms with Crippen molar-refractivity contribution in [1.82, 2.24) is 14.7 Å². The number of Topliss-reactive ketones (excluding diaryl/α,β-unsaturated/α-hetero) is 1. The van der Waals surface area contributed by atoms with Crippen molar-refractivity contribution in [2.75, 3.05) is 13.1 Å². The first kappa shape index (κ1) is 24.3. The molecule has 0 saturated heterocycles. The van der Waals surface area contributed by atoms with E-state index in [-0.39, 0.29) is 23.8 Å². The number of nitrogens with one attached hydrogen (secondary N) is 1. The largest absolute Gasteiger partial charge is 0.331 e. The minimum Gasteiger partial charge on any atom is -0.331 e. The summed E-state index contributed by atoms with van der Waals surface area (Å²) in [6.45, 7) is 4.17. The SMILES string of the molecule is CCCc1[nH]n(-c2cccc(Cl)c2)c(=O)c1C(=O)CN(CCC)C(=O)C=Cc1ccccc1. The zero-order valence-corrected chi connectivity index (χ0v) is 19.6. The summed E-state index contributed by atoms with van der Waals surface area (Å²) >= 11 is 6.08. The van der Waals surface area contributed by atoms with E-state index in [1.54, 1.807) is 30.3 Å². The number of carbonyl (C=O) groups excluding carboxylic acids is 2. The number of aryl methyl sites for hydroxylation is 1. The van der Waals surface area contributed by atoms with Crippen LogP contribution in [-0.2, 0) is 11.2 Å². The van der Waals surface area contributed by atoms with Gasteiger partial charge in [0.1, 0.15) is 5.56 Å². The molecular weight excluding hydrogens is 438 g/mol. The lowest BCUT2D eigenvalue weighted by atomic mass is 10.1. The third kappa shape index (κ3) is 6.11. The molecule has 0 aliphatic heterocycles. The molecule has 2 aromatic carbocycles. The fourth-order valence-corrected chi connectivity index (χ4v) is 3.81. The summed E-state index contributed by atoms with van der Waals surface area (Å²) < 4.78 is 1.34. The summed E-state index contributed by atoms with van der Waals surface area (Å²) in [4.78, 5) is 40.7. The number of aromatic amines is 1. The Bertz CT molecular complexity index is 1190. The van der Waals surface area contributed by atoms with Crippen LogP contribution in [0.1, 0.15) is 48.3 Å². The van der Waals surface area contributed by atoms with E-state index in [4.69, 9.17) is 11.6 Å². The molecule has 0 aliphatic carbocycles. The smallest absolute Gasteiger partial charge is 0.282 e. The van der Waals surface area contributed by atoms with E-state index in [9.17, 15) is 14.4 Å². The van der Waals surface area contributed by atoms with Crippen molar-refractivity contribution in [3.05, 3.63) is 92.9 Å². The number of hydrogen-bond acceptors (Lipinski definition) is 3. The minimum absolute atomic E-state index is 0.0952. The number of carbonyl (C=O) groups is 2. The molecule has 1 aromatic heterocycles. The van der Waals surface area contributed by atoms with Gasteiger partial charge in [-0.25, -0.2) is 4.68 Å². The van der Waals surface area contributed by atoms with Crippen LogP contribution in [0.15, 0.2) is 65.5 Å². The summed E-state index contributed by atoms with van der Waals surface area (Å²) in [5.41, 5.74) is 1.67. The van der Waals surface area contributed by atoms with E-state index < -0.39 is 5.56 Å². The van der Waals surface area contributed by atoms with Crippen LogP contribution < -0.4 is 5.56 Å². The van der Waals surface area contributed by atoms with E-state index in [0.717, 1.165) is 12.0 Å². The number of halogens is 1. The molecule has 0 bridgehead atoms. The van der Waals surface area contributed by atoms with Crippen molar-refractivity contribution in [2.24, 2.45) is 0 Å². The highest BCUT2D eigenvalue weighted by molar-refractivity contribution is 6.30. The number of rotatable bonds is 10. The fourth-order valence-electron chi connectivity index (χ4n) is 3.62. The average molecular weight is 466 g/mol. The fraction of sp³-hybridized carbons (Fsp3) is 0.269. The van der Waals surface area contributed by atoms with Crippen LogP contribution in [0, 0.1) is 0 Å². The monoisotopic (exact) mass is 465 g/mol. The van der Waals surface area contributed by atoms with E-state index in [2.05, 4.69) is 5.10 Å². The molecule has 0 radical (unpaired) electrons. The lowest BCUT2D eigenvalue weighted by Crippen LogP contribution is -2.37. The van der Waals surface area contributed by atoms with Crippen molar-refractivity contribution in [3.8, 4) is 5.69 Å². The highest BCUT2D eigenvalue weighted by Gasteiger charge is 2.24. The second-order valence-corrected chi connectivity index (χ2v) is 8.20. The van der Waals surface area contributed by atoms with Crippen LogP contribution in [0.25, 0.3) is 11.8 Å². The summed E-state index contributed by atoms with van der Waals surface area (Å²) in [6, 6.07) is 16.3. The maximum atomic E-state index is 13.3. The Morgan fingerprint density at radius 1 is 1.06 bits per heavy atom. The molecule has 0 saturated carbocycles. The highest BCUT2D eigenvalue weighted by Crippen LogP contribution is 2.15. The predicted octanol–water partition coefficient (Wildman–Crippen LogP) is 4.91. The number of amides is 1. The number of ketones is 1.